The summed E-state index contributed by atoms with van der Waals surface area (Å²) in [4.78, 5) is 9.10. The van der Waals surface area contributed by atoms with Gasteiger partial charge < -0.3 is 0 Å². The largest absolute Gasteiger partial charge is 0.261 e. The fourth-order valence-electron chi connectivity index (χ4n) is 3.07. The number of pyridine rings is 1. The average molecular weight is 322 g/mol. The third-order valence-corrected chi connectivity index (χ3v) is 5.15. The van der Waals surface area contributed by atoms with Crippen molar-refractivity contribution in [3.8, 4) is 0 Å². The van der Waals surface area contributed by atoms with Crippen molar-refractivity contribution in [2.75, 3.05) is 5.43 Å². The first-order chi connectivity index (χ1) is 11.4. The molecular formula is C18H18N4S. The molecule has 2 heterocycles. The van der Waals surface area contributed by atoms with Crippen LogP contribution in [0.3, 0.4) is 0 Å². The highest BCUT2D eigenvalue weighted by Gasteiger charge is 2.23. The predicted octanol–water partition coefficient (Wildman–Crippen LogP) is 4.82. The summed E-state index contributed by atoms with van der Waals surface area (Å²) in [6.45, 7) is 0. The summed E-state index contributed by atoms with van der Waals surface area (Å²) in [5, 5.41) is 5.53. The molecular weight excluding hydrogens is 304 g/mol. The number of benzene rings is 1. The summed E-state index contributed by atoms with van der Waals surface area (Å²) in [7, 11) is 0. The van der Waals surface area contributed by atoms with Crippen molar-refractivity contribution in [1.29, 1.82) is 0 Å². The summed E-state index contributed by atoms with van der Waals surface area (Å²) in [6.07, 6.45) is 6.45. The summed E-state index contributed by atoms with van der Waals surface area (Å²) in [6, 6.07) is 14.3. The molecule has 0 unspecified atom stereocenters. The molecule has 0 amide bonds. The van der Waals surface area contributed by atoms with Gasteiger partial charge in [0.25, 0.3) is 0 Å². The molecule has 1 N–H and O–H groups in total. The molecule has 116 valence electrons. The molecule has 0 saturated heterocycles. The SMILES string of the molecule is c1ccc([C@@H]2CCCCC2=NNc2nc3ccccc3s2)nc1. The van der Waals surface area contributed by atoms with Gasteiger partial charge >= 0.3 is 0 Å². The Morgan fingerprint density at radius 3 is 2.87 bits per heavy atom. The molecule has 1 saturated carbocycles. The monoisotopic (exact) mass is 322 g/mol. The van der Waals surface area contributed by atoms with Crippen molar-refractivity contribution in [3.05, 3.63) is 54.4 Å². The second-order valence-electron chi connectivity index (χ2n) is 5.75. The van der Waals surface area contributed by atoms with Gasteiger partial charge in [0.2, 0.25) is 5.13 Å². The van der Waals surface area contributed by atoms with Crippen LogP contribution in [0.4, 0.5) is 5.13 Å². The second kappa shape index (κ2) is 6.46. The van der Waals surface area contributed by atoms with Crippen LogP contribution in [0.2, 0.25) is 0 Å². The maximum absolute atomic E-state index is 4.68. The molecule has 1 aliphatic rings. The van der Waals surface area contributed by atoms with Crippen LogP contribution >= 0.6 is 11.3 Å². The minimum Gasteiger partial charge on any atom is -0.261 e. The Hall–Kier alpha value is -2.27. The van der Waals surface area contributed by atoms with Gasteiger partial charge in [-0.25, -0.2) is 4.98 Å². The Bertz CT molecular complexity index is 792. The Morgan fingerprint density at radius 2 is 2.00 bits per heavy atom. The number of anilines is 1. The number of fused-ring (bicyclic) bond motifs is 1. The Balaban J connectivity index is 1.58. The molecule has 3 aromatic rings. The highest BCUT2D eigenvalue weighted by atomic mass is 32.1. The number of nitrogens with zero attached hydrogens (tertiary/aromatic N) is 3. The fourth-order valence-corrected chi connectivity index (χ4v) is 3.88. The minimum absolute atomic E-state index is 0.326. The lowest BCUT2D eigenvalue weighted by molar-refractivity contribution is 0.603. The standard InChI is InChI=1S/C18H18N4S/c1-2-9-15(13(7-1)14-8-5-6-12-19-14)21-22-18-20-16-10-3-4-11-17(16)23-18/h3-6,8,10-13H,1-2,7,9H2,(H,20,22)/t13-/m0/s1. The van der Waals surface area contributed by atoms with E-state index in [-0.39, 0.29) is 0 Å². The van der Waals surface area contributed by atoms with Crippen LogP contribution in [0.15, 0.2) is 53.8 Å². The number of nitrogens with one attached hydrogen (secondary N) is 1. The van der Waals surface area contributed by atoms with Crippen molar-refractivity contribution in [2.24, 2.45) is 5.10 Å². The Morgan fingerprint density at radius 1 is 1.09 bits per heavy atom. The van der Waals surface area contributed by atoms with Gasteiger partial charge in [0, 0.05) is 23.5 Å². The molecule has 0 radical (unpaired) electrons. The topological polar surface area (TPSA) is 50.2 Å². The van der Waals surface area contributed by atoms with Crippen LogP contribution in [0.1, 0.15) is 37.3 Å². The van der Waals surface area contributed by atoms with E-state index in [2.05, 4.69) is 38.7 Å². The number of aromatic nitrogens is 2. The molecule has 0 aliphatic heterocycles. The van der Waals surface area contributed by atoms with Crippen molar-refractivity contribution >= 4 is 32.4 Å². The van der Waals surface area contributed by atoms with E-state index in [4.69, 9.17) is 0 Å². The number of thiazole rings is 1. The summed E-state index contributed by atoms with van der Waals surface area (Å²) >= 11 is 1.64. The molecule has 5 heteroatoms. The zero-order valence-corrected chi connectivity index (χ0v) is 13.6. The molecule has 2 aromatic heterocycles. The summed E-state index contributed by atoms with van der Waals surface area (Å²) in [5.74, 6) is 0.326. The first kappa shape index (κ1) is 14.3. The molecule has 1 atom stereocenters. The molecule has 4 nitrogen and oxygen atoms in total. The Kier molecular flexibility index (Phi) is 4.03. The number of hydrazone groups is 1. The normalized spacial score (nSPS) is 20.0. The smallest absolute Gasteiger partial charge is 0.204 e. The number of hydrogen-bond acceptors (Lipinski definition) is 5. The second-order valence-corrected chi connectivity index (χ2v) is 6.79. The van der Waals surface area contributed by atoms with Gasteiger partial charge in [-0.3, -0.25) is 10.4 Å². The van der Waals surface area contributed by atoms with E-state index >= 15 is 0 Å². The molecule has 1 aromatic carbocycles. The molecule has 23 heavy (non-hydrogen) atoms. The highest BCUT2D eigenvalue weighted by Crippen LogP contribution is 2.30. The van der Waals surface area contributed by atoms with Crippen LogP contribution in [0.25, 0.3) is 10.2 Å². The highest BCUT2D eigenvalue weighted by molar-refractivity contribution is 7.22. The van der Waals surface area contributed by atoms with Gasteiger partial charge in [0.1, 0.15) is 0 Å². The van der Waals surface area contributed by atoms with Crippen LogP contribution < -0.4 is 5.43 Å². The van der Waals surface area contributed by atoms with Gasteiger partial charge in [0.15, 0.2) is 0 Å². The van der Waals surface area contributed by atoms with E-state index < -0.39 is 0 Å². The van der Waals surface area contributed by atoms with Crippen molar-refractivity contribution in [1.82, 2.24) is 9.97 Å². The minimum atomic E-state index is 0.326. The van der Waals surface area contributed by atoms with Crippen molar-refractivity contribution < 1.29 is 0 Å². The van der Waals surface area contributed by atoms with Crippen LogP contribution in [0, 0.1) is 0 Å². The van der Waals surface area contributed by atoms with E-state index in [0.29, 0.717) is 5.92 Å². The van der Waals surface area contributed by atoms with E-state index in [9.17, 15) is 0 Å². The lowest BCUT2D eigenvalue weighted by Gasteiger charge is -2.23. The third-order valence-electron chi connectivity index (χ3n) is 4.21. The maximum Gasteiger partial charge on any atom is 0.204 e. The van der Waals surface area contributed by atoms with Gasteiger partial charge in [-0.15, -0.1) is 0 Å². The molecule has 1 aliphatic carbocycles. The van der Waals surface area contributed by atoms with E-state index in [1.807, 2.05) is 30.5 Å². The number of hydrogen-bond donors (Lipinski definition) is 1. The lowest BCUT2D eigenvalue weighted by Crippen LogP contribution is -2.19. The zero-order valence-electron chi connectivity index (χ0n) is 12.8. The third kappa shape index (κ3) is 3.10. The molecule has 1 fully saturated rings. The van der Waals surface area contributed by atoms with Gasteiger partial charge in [-0.2, -0.15) is 5.10 Å². The average Bonchev–Trinajstić information content (AvgIpc) is 3.04. The van der Waals surface area contributed by atoms with Crippen LogP contribution in [-0.4, -0.2) is 15.7 Å². The van der Waals surface area contributed by atoms with Gasteiger partial charge in [-0.1, -0.05) is 36.0 Å². The summed E-state index contributed by atoms with van der Waals surface area (Å²) in [5.41, 5.74) is 6.50. The van der Waals surface area contributed by atoms with Gasteiger partial charge in [-0.05, 0) is 43.5 Å². The first-order valence-electron chi connectivity index (χ1n) is 7.99. The molecule has 0 bridgehead atoms. The quantitative estimate of drug-likeness (QED) is 0.704. The first-order valence-corrected chi connectivity index (χ1v) is 8.81. The molecule has 0 spiro atoms. The van der Waals surface area contributed by atoms with Crippen molar-refractivity contribution in [2.45, 2.75) is 31.6 Å². The number of para-hydroxylation sites is 1. The summed E-state index contributed by atoms with van der Waals surface area (Å²) < 4.78 is 1.18. The van der Waals surface area contributed by atoms with E-state index in [0.717, 1.165) is 29.2 Å². The van der Waals surface area contributed by atoms with Crippen LogP contribution in [-0.2, 0) is 0 Å². The predicted molar refractivity (Wildman–Crippen MR) is 96.1 cm³/mol. The van der Waals surface area contributed by atoms with Crippen molar-refractivity contribution in [3.63, 3.8) is 0 Å². The fraction of sp³-hybridized carbons (Fsp3) is 0.278. The number of rotatable bonds is 3. The van der Waals surface area contributed by atoms with E-state index in [1.54, 1.807) is 11.3 Å². The molecule has 4 rings (SSSR count). The van der Waals surface area contributed by atoms with E-state index in [1.165, 1.54) is 23.3 Å². The van der Waals surface area contributed by atoms with Crippen LogP contribution in [0.5, 0.6) is 0 Å². The Labute approximate surface area is 139 Å². The zero-order chi connectivity index (χ0) is 15.5. The lowest BCUT2D eigenvalue weighted by atomic mass is 9.85. The van der Waals surface area contributed by atoms with Gasteiger partial charge in [0.05, 0.1) is 10.2 Å². The maximum atomic E-state index is 4.68.